The van der Waals surface area contributed by atoms with Crippen LogP contribution in [0.4, 0.5) is 23.7 Å². The highest BCUT2D eigenvalue weighted by Gasteiger charge is 2.30. The number of nitrogens with one attached hydrogen (secondary N) is 1. The van der Waals surface area contributed by atoms with Crippen LogP contribution in [0.3, 0.4) is 0 Å². The lowest BCUT2D eigenvalue weighted by atomic mass is 10.2. The van der Waals surface area contributed by atoms with Crippen LogP contribution in [0.5, 0.6) is 0 Å². The van der Waals surface area contributed by atoms with E-state index in [1.165, 1.54) is 28.7 Å². The van der Waals surface area contributed by atoms with Crippen LogP contribution in [0.15, 0.2) is 82.1 Å². The molecule has 38 heavy (non-hydrogen) atoms. The molecule has 2 amide bonds. The maximum absolute atomic E-state index is 13.6. The molecule has 1 heterocycles. The number of carbonyl (C=O) groups excluding carboxylic acids is 1. The van der Waals surface area contributed by atoms with Gasteiger partial charge in [-0.05, 0) is 67.6 Å². The Labute approximate surface area is 225 Å². The van der Waals surface area contributed by atoms with Gasteiger partial charge in [0.05, 0.1) is 34.8 Å². The molecule has 0 radical (unpaired) electrons. The van der Waals surface area contributed by atoms with Crippen LogP contribution in [0.1, 0.15) is 24.4 Å². The number of ether oxygens (including phenoxy) is 1. The van der Waals surface area contributed by atoms with E-state index in [2.05, 4.69) is 21.2 Å². The summed E-state index contributed by atoms with van der Waals surface area (Å²) in [5.74, 6) is 0.315. The maximum Gasteiger partial charge on any atom is 0.416 e. The highest BCUT2D eigenvalue weighted by molar-refractivity contribution is 9.10. The van der Waals surface area contributed by atoms with Crippen molar-refractivity contribution in [2.24, 2.45) is 0 Å². The zero-order valence-corrected chi connectivity index (χ0v) is 22.1. The molecule has 11 heteroatoms. The van der Waals surface area contributed by atoms with Crippen molar-refractivity contribution in [3.8, 4) is 5.69 Å². The minimum atomic E-state index is -4.49. The first-order chi connectivity index (χ1) is 18.1. The summed E-state index contributed by atoms with van der Waals surface area (Å²) in [5, 5.41) is 3.06. The summed E-state index contributed by atoms with van der Waals surface area (Å²) in [6, 6.07) is 16.9. The molecule has 0 aliphatic heterocycles. The number of carbonyl (C=O) groups is 1. The standard InChI is InChI=1S/C27H24BrF3N4O3/c1-17(34(15-16-38-2)26(37)32-20-11-7-18(8-12-20)27(29,30)31)24-33-23-6-4-3-5-22(23)25(36)35(24)21-13-9-19(28)10-14-21/h3-14,17H,15-16H2,1-2H3,(H,32,37). The second-order valence-electron chi connectivity index (χ2n) is 8.47. The second-order valence-corrected chi connectivity index (χ2v) is 9.39. The van der Waals surface area contributed by atoms with Gasteiger partial charge in [-0.15, -0.1) is 0 Å². The first kappa shape index (κ1) is 27.3. The second kappa shape index (κ2) is 11.4. The van der Waals surface area contributed by atoms with Crippen LogP contribution in [0.2, 0.25) is 0 Å². The minimum Gasteiger partial charge on any atom is -0.383 e. The maximum atomic E-state index is 13.6. The van der Waals surface area contributed by atoms with Crippen molar-refractivity contribution < 1.29 is 22.7 Å². The van der Waals surface area contributed by atoms with Crippen LogP contribution < -0.4 is 10.9 Å². The highest BCUT2D eigenvalue weighted by atomic mass is 79.9. The molecule has 7 nitrogen and oxygen atoms in total. The molecule has 0 aliphatic rings. The van der Waals surface area contributed by atoms with Crippen molar-refractivity contribution in [2.45, 2.75) is 19.1 Å². The number of amides is 2. The molecule has 198 valence electrons. The van der Waals surface area contributed by atoms with Crippen LogP contribution in [-0.2, 0) is 10.9 Å². The summed E-state index contributed by atoms with van der Waals surface area (Å²) in [7, 11) is 1.49. The number of fused-ring (bicyclic) bond motifs is 1. The monoisotopic (exact) mass is 588 g/mol. The van der Waals surface area contributed by atoms with Crippen molar-refractivity contribution in [2.75, 3.05) is 25.6 Å². The van der Waals surface area contributed by atoms with E-state index in [0.29, 0.717) is 22.4 Å². The fourth-order valence-electron chi connectivity index (χ4n) is 4.01. The van der Waals surface area contributed by atoms with Crippen LogP contribution >= 0.6 is 15.9 Å². The zero-order valence-electron chi connectivity index (χ0n) is 20.5. The number of hydrogen-bond acceptors (Lipinski definition) is 4. The predicted octanol–water partition coefficient (Wildman–Crippen LogP) is 6.41. The van der Waals surface area contributed by atoms with Crippen molar-refractivity contribution in [1.82, 2.24) is 14.5 Å². The molecule has 1 N–H and O–H groups in total. The smallest absolute Gasteiger partial charge is 0.383 e. The molecule has 0 bridgehead atoms. The van der Waals surface area contributed by atoms with Gasteiger partial charge in [-0.1, -0.05) is 28.1 Å². The Morgan fingerprint density at radius 2 is 1.74 bits per heavy atom. The van der Waals surface area contributed by atoms with E-state index in [1.54, 1.807) is 55.5 Å². The lowest BCUT2D eigenvalue weighted by Crippen LogP contribution is -2.41. The first-order valence-electron chi connectivity index (χ1n) is 11.6. The van der Waals surface area contributed by atoms with E-state index in [1.807, 2.05) is 0 Å². The number of anilines is 1. The Hall–Kier alpha value is -3.70. The SMILES string of the molecule is COCCN(C(=O)Nc1ccc(C(F)(F)F)cc1)C(C)c1nc2ccccc2c(=O)n1-c1ccc(Br)cc1. The summed E-state index contributed by atoms with van der Waals surface area (Å²) < 4.78 is 46.3. The molecular weight excluding hydrogens is 565 g/mol. The number of benzene rings is 3. The molecule has 1 unspecified atom stereocenters. The molecule has 0 saturated heterocycles. The van der Waals surface area contributed by atoms with Gasteiger partial charge in [0.15, 0.2) is 0 Å². The number of nitrogens with zero attached hydrogens (tertiary/aromatic N) is 3. The van der Waals surface area contributed by atoms with Gasteiger partial charge in [-0.25, -0.2) is 9.78 Å². The Morgan fingerprint density at radius 1 is 1.08 bits per heavy atom. The lowest BCUT2D eigenvalue weighted by molar-refractivity contribution is -0.137. The third-order valence-corrected chi connectivity index (χ3v) is 6.52. The van der Waals surface area contributed by atoms with Crippen LogP contribution in [0.25, 0.3) is 16.6 Å². The molecule has 1 atom stereocenters. The molecule has 0 saturated carbocycles. The van der Waals surface area contributed by atoms with Crippen molar-refractivity contribution in [3.05, 3.63) is 99.0 Å². The number of aromatic nitrogens is 2. The van der Waals surface area contributed by atoms with E-state index in [-0.39, 0.29) is 24.4 Å². The van der Waals surface area contributed by atoms with Crippen molar-refractivity contribution in [3.63, 3.8) is 0 Å². The molecule has 0 spiro atoms. The number of hydrogen-bond donors (Lipinski definition) is 1. The summed E-state index contributed by atoms with van der Waals surface area (Å²) in [5.41, 5.74) is 0.110. The van der Waals surface area contributed by atoms with Gasteiger partial charge in [-0.3, -0.25) is 9.36 Å². The quantitative estimate of drug-likeness (QED) is 0.271. The number of rotatable bonds is 7. The molecule has 1 aromatic heterocycles. The first-order valence-corrected chi connectivity index (χ1v) is 12.4. The lowest BCUT2D eigenvalue weighted by Gasteiger charge is -2.30. The number of methoxy groups -OCH3 is 1. The summed E-state index contributed by atoms with van der Waals surface area (Å²) in [6.45, 7) is 2.04. The number of halogens is 4. The van der Waals surface area contributed by atoms with Gasteiger partial charge < -0.3 is 15.0 Å². The van der Waals surface area contributed by atoms with E-state index in [9.17, 15) is 22.8 Å². The topological polar surface area (TPSA) is 76.5 Å². The largest absolute Gasteiger partial charge is 0.416 e. The minimum absolute atomic E-state index is 0.132. The fraction of sp³-hybridized carbons (Fsp3) is 0.222. The summed E-state index contributed by atoms with van der Waals surface area (Å²) >= 11 is 3.40. The van der Waals surface area contributed by atoms with E-state index >= 15 is 0 Å². The number of urea groups is 1. The van der Waals surface area contributed by atoms with Gasteiger partial charge in [-0.2, -0.15) is 13.2 Å². The van der Waals surface area contributed by atoms with Crippen LogP contribution in [-0.4, -0.2) is 40.7 Å². The van der Waals surface area contributed by atoms with Gasteiger partial charge in [0.25, 0.3) is 5.56 Å². The Kier molecular flexibility index (Phi) is 8.17. The van der Waals surface area contributed by atoms with E-state index in [4.69, 9.17) is 9.72 Å². The van der Waals surface area contributed by atoms with Gasteiger partial charge in [0, 0.05) is 23.8 Å². The van der Waals surface area contributed by atoms with Crippen LogP contribution in [0, 0.1) is 0 Å². The molecular formula is C27H24BrF3N4O3. The van der Waals surface area contributed by atoms with Crippen molar-refractivity contribution >= 4 is 38.6 Å². The van der Waals surface area contributed by atoms with Gasteiger partial charge in [0.2, 0.25) is 0 Å². The van der Waals surface area contributed by atoms with Crippen molar-refractivity contribution in [1.29, 1.82) is 0 Å². The average molecular weight is 589 g/mol. The van der Waals surface area contributed by atoms with E-state index in [0.717, 1.165) is 16.6 Å². The fourth-order valence-corrected chi connectivity index (χ4v) is 4.27. The molecule has 3 aromatic carbocycles. The normalized spacial score (nSPS) is 12.4. The Balaban J connectivity index is 1.76. The zero-order chi connectivity index (χ0) is 27.4. The Bertz CT molecular complexity index is 1490. The Morgan fingerprint density at radius 3 is 2.37 bits per heavy atom. The summed E-state index contributed by atoms with van der Waals surface area (Å²) in [4.78, 5) is 33.2. The molecule has 4 aromatic rings. The van der Waals surface area contributed by atoms with Gasteiger partial charge in [0.1, 0.15) is 5.82 Å². The van der Waals surface area contributed by atoms with E-state index < -0.39 is 23.8 Å². The van der Waals surface area contributed by atoms with Gasteiger partial charge >= 0.3 is 12.2 Å². The number of alkyl halides is 3. The third-order valence-electron chi connectivity index (χ3n) is 5.99. The third kappa shape index (κ3) is 5.89. The molecule has 0 aliphatic carbocycles. The molecule has 0 fully saturated rings. The molecule has 4 rings (SSSR count). The summed E-state index contributed by atoms with van der Waals surface area (Å²) in [6.07, 6.45) is -4.49. The highest BCUT2D eigenvalue weighted by Crippen LogP contribution is 2.30. The predicted molar refractivity (Wildman–Crippen MR) is 142 cm³/mol. The number of para-hydroxylation sites is 1. The average Bonchev–Trinajstić information content (AvgIpc) is 2.89.